The van der Waals surface area contributed by atoms with Crippen LogP contribution in [0.2, 0.25) is 0 Å². The van der Waals surface area contributed by atoms with E-state index in [0.29, 0.717) is 5.69 Å². The third-order valence-corrected chi connectivity index (χ3v) is 2.61. The second kappa shape index (κ2) is 4.55. The Morgan fingerprint density at radius 1 is 1.06 bits per heavy atom. The molecule has 0 aliphatic carbocycles. The first kappa shape index (κ1) is 11.0. The highest BCUT2D eigenvalue weighted by atomic mass is 16.3. The Labute approximate surface area is 93.6 Å². The van der Waals surface area contributed by atoms with Gasteiger partial charge in [-0.05, 0) is 19.1 Å². The molecule has 0 amide bonds. The van der Waals surface area contributed by atoms with E-state index in [1.807, 2.05) is 31.2 Å². The van der Waals surface area contributed by atoms with Gasteiger partial charge in [-0.2, -0.15) is 0 Å². The molecule has 0 aliphatic rings. The van der Waals surface area contributed by atoms with Crippen molar-refractivity contribution in [3.8, 4) is 0 Å². The molecule has 4 heteroatoms. The molecular formula is C12H14N2O2. The molecule has 16 heavy (non-hydrogen) atoms. The molecule has 1 aromatic heterocycles. The summed E-state index contributed by atoms with van der Waals surface area (Å²) >= 11 is 0. The zero-order chi connectivity index (χ0) is 11.5. The summed E-state index contributed by atoms with van der Waals surface area (Å²) in [6, 6.07) is 7.57. The van der Waals surface area contributed by atoms with Gasteiger partial charge in [0.2, 0.25) is 0 Å². The average Bonchev–Trinajstić information content (AvgIpc) is 2.31. The fourth-order valence-electron chi connectivity index (χ4n) is 1.72. The van der Waals surface area contributed by atoms with Gasteiger partial charge in [0.05, 0.1) is 35.6 Å². The number of nitrogens with zero attached hydrogens (tertiary/aromatic N) is 2. The third-order valence-electron chi connectivity index (χ3n) is 2.61. The SMILES string of the molecule is Cc1nc2ccccc2nc1C(CO)CO. The predicted octanol–water partition coefficient (Wildman–Crippen LogP) is 1.01. The number of fused-ring (bicyclic) bond motifs is 1. The van der Waals surface area contributed by atoms with E-state index >= 15 is 0 Å². The molecule has 0 saturated carbocycles. The number of aliphatic hydroxyl groups excluding tert-OH is 2. The first-order chi connectivity index (χ1) is 7.76. The van der Waals surface area contributed by atoms with E-state index in [4.69, 9.17) is 10.2 Å². The van der Waals surface area contributed by atoms with Gasteiger partial charge in [-0.25, -0.2) is 9.97 Å². The van der Waals surface area contributed by atoms with E-state index in [1.165, 1.54) is 0 Å². The van der Waals surface area contributed by atoms with Gasteiger partial charge in [-0.1, -0.05) is 12.1 Å². The molecule has 2 N–H and O–H groups in total. The minimum atomic E-state index is -0.350. The standard InChI is InChI=1S/C12H14N2O2/c1-8-12(9(6-15)7-16)14-11-5-3-2-4-10(11)13-8/h2-5,9,15-16H,6-7H2,1H3. The molecular weight excluding hydrogens is 204 g/mol. The third kappa shape index (κ3) is 1.89. The van der Waals surface area contributed by atoms with Crippen LogP contribution in [0.4, 0.5) is 0 Å². The maximum Gasteiger partial charge on any atom is 0.0890 e. The number of hydrogen-bond donors (Lipinski definition) is 2. The molecule has 0 saturated heterocycles. The van der Waals surface area contributed by atoms with Crippen LogP contribution in [0.3, 0.4) is 0 Å². The lowest BCUT2D eigenvalue weighted by molar-refractivity contribution is 0.190. The number of aryl methyl sites for hydroxylation is 1. The Morgan fingerprint density at radius 3 is 2.19 bits per heavy atom. The number of rotatable bonds is 3. The Morgan fingerprint density at radius 2 is 1.62 bits per heavy atom. The molecule has 84 valence electrons. The topological polar surface area (TPSA) is 66.2 Å². The van der Waals surface area contributed by atoms with Gasteiger partial charge >= 0.3 is 0 Å². The second-order valence-corrected chi connectivity index (χ2v) is 3.75. The van der Waals surface area contributed by atoms with Crippen LogP contribution < -0.4 is 0 Å². The van der Waals surface area contributed by atoms with Crippen LogP contribution in [0, 0.1) is 6.92 Å². The van der Waals surface area contributed by atoms with Crippen molar-refractivity contribution in [1.29, 1.82) is 0 Å². The lowest BCUT2D eigenvalue weighted by Crippen LogP contribution is -2.13. The summed E-state index contributed by atoms with van der Waals surface area (Å²) < 4.78 is 0. The van der Waals surface area contributed by atoms with Crippen molar-refractivity contribution < 1.29 is 10.2 Å². The van der Waals surface area contributed by atoms with Gasteiger partial charge in [0, 0.05) is 5.92 Å². The van der Waals surface area contributed by atoms with Crippen molar-refractivity contribution in [2.75, 3.05) is 13.2 Å². The fraction of sp³-hybridized carbons (Fsp3) is 0.333. The smallest absolute Gasteiger partial charge is 0.0890 e. The summed E-state index contributed by atoms with van der Waals surface area (Å²) in [7, 11) is 0. The number of aromatic nitrogens is 2. The van der Waals surface area contributed by atoms with E-state index < -0.39 is 0 Å². The van der Waals surface area contributed by atoms with Crippen LogP contribution in [0.25, 0.3) is 11.0 Å². The van der Waals surface area contributed by atoms with E-state index in [-0.39, 0.29) is 19.1 Å². The van der Waals surface area contributed by atoms with Crippen LogP contribution >= 0.6 is 0 Å². The quantitative estimate of drug-likeness (QED) is 0.806. The van der Waals surface area contributed by atoms with Gasteiger partial charge in [0.25, 0.3) is 0 Å². The molecule has 1 heterocycles. The molecule has 0 aliphatic heterocycles. The molecule has 0 bridgehead atoms. The maximum absolute atomic E-state index is 9.15. The summed E-state index contributed by atoms with van der Waals surface area (Å²) in [6.07, 6.45) is 0. The van der Waals surface area contributed by atoms with Crippen molar-refractivity contribution in [1.82, 2.24) is 9.97 Å². The minimum Gasteiger partial charge on any atom is -0.396 e. The normalized spacial score (nSPS) is 11.2. The van der Waals surface area contributed by atoms with E-state index in [9.17, 15) is 0 Å². The monoisotopic (exact) mass is 218 g/mol. The molecule has 0 radical (unpaired) electrons. The highest BCUT2D eigenvalue weighted by molar-refractivity contribution is 5.74. The van der Waals surface area contributed by atoms with E-state index in [2.05, 4.69) is 9.97 Å². The fourth-order valence-corrected chi connectivity index (χ4v) is 1.72. The van der Waals surface area contributed by atoms with Gasteiger partial charge in [-0.3, -0.25) is 0 Å². The van der Waals surface area contributed by atoms with E-state index in [1.54, 1.807) is 0 Å². The molecule has 0 unspecified atom stereocenters. The highest BCUT2D eigenvalue weighted by Crippen LogP contribution is 2.19. The number of benzene rings is 1. The number of para-hydroxylation sites is 2. The van der Waals surface area contributed by atoms with Gasteiger partial charge in [0.15, 0.2) is 0 Å². The Balaban J connectivity index is 2.57. The Kier molecular flexibility index (Phi) is 3.12. The highest BCUT2D eigenvalue weighted by Gasteiger charge is 2.15. The molecule has 0 spiro atoms. The molecule has 0 atom stereocenters. The summed E-state index contributed by atoms with van der Waals surface area (Å²) in [5.74, 6) is -0.350. The lowest BCUT2D eigenvalue weighted by atomic mass is 10.1. The summed E-state index contributed by atoms with van der Waals surface area (Å²) in [4.78, 5) is 8.84. The minimum absolute atomic E-state index is 0.121. The van der Waals surface area contributed by atoms with Crippen LogP contribution in [0.5, 0.6) is 0 Å². The van der Waals surface area contributed by atoms with Crippen LogP contribution in [-0.2, 0) is 0 Å². The number of hydrogen-bond acceptors (Lipinski definition) is 4. The second-order valence-electron chi connectivity index (χ2n) is 3.75. The predicted molar refractivity (Wildman–Crippen MR) is 61.2 cm³/mol. The zero-order valence-electron chi connectivity index (χ0n) is 9.09. The van der Waals surface area contributed by atoms with Crippen LogP contribution in [0.1, 0.15) is 17.3 Å². The van der Waals surface area contributed by atoms with Crippen LogP contribution in [0.15, 0.2) is 24.3 Å². The van der Waals surface area contributed by atoms with Gasteiger partial charge in [-0.15, -0.1) is 0 Å². The molecule has 2 rings (SSSR count). The molecule has 0 fully saturated rings. The lowest BCUT2D eigenvalue weighted by Gasteiger charge is -2.13. The van der Waals surface area contributed by atoms with Crippen molar-refractivity contribution in [2.45, 2.75) is 12.8 Å². The summed E-state index contributed by atoms with van der Waals surface area (Å²) in [6.45, 7) is 1.60. The first-order valence-electron chi connectivity index (χ1n) is 5.21. The molecule has 2 aromatic rings. The maximum atomic E-state index is 9.15. The van der Waals surface area contributed by atoms with Crippen molar-refractivity contribution in [3.63, 3.8) is 0 Å². The van der Waals surface area contributed by atoms with Crippen molar-refractivity contribution >= 4 is 11.0 Å². The van der Waals surface area contributed by atoms with Gasteiger partial charge < -0.3 is 10.2 Å². The van der Waals surface area contributed by atoms with Gasteiger partial charge in [0.1, 0.15) is 0 Å². The molecule has 1 aromatic carbocycles. The molecule has 4 nitrogen and oxygen atoms in total. The average molecular weight is 218 g/mol. The number of aliphatic hydroxyl groups is 2. The Bertz CT molecular complexity index is 495. The van der Waals surface area contributed by atoms with E-state index in [0.717, 1.165) is 16.7 Å². The largest absolute Gasteiger partial charge is 0.396 e. The zero-order valence-corrected chi connectivity index (χ0v) is 9.09. The van der Waals surface area contributed by atoms with Crippen LogP contribution in [-0.4, -0.2) is 33.4 Å². The first-order valence-corrected chi connectivity index (χ1v) is 5.21. The van der Waals surface area contributed by atoms with Crippen molar-refractivity contribution in [2.24, 2.45) is 0 Å². The summed E-state index contributed by atoms with van der Waals surface area (Å²) in [5, 5.41) is 18.3. The summed E-state index contributed by atoms with van der Waals surface area (Å²) in [5.41, 5.74) is 3.05. The van der Waals surface area contributed by atoms with Crippen molar-refractivity contribution in [3.05, 3.63) is 35.7 Å². The Hall–Kier alpha value is -1.52.